The lowest BCUT2D eigenvalue weighted by molar-refractivity contribution is -0.140. The molecule has 0 bridgehead atoms. The van der Waals surface area contributed by atoms with E-state index >= 15 is 0 Å². The van der Waals surface area contributed by atoms with Gasteiger partial charge in [-0.25, -0.2) is 0 Å². The number of aliphatic carboxylic acids is 1. The van der Waals surface area contributed by atoms with E-state index in [0.717, 1.165) is 10.6 Å². The summed E-state index contributed by atoms with van der Waals surface area (Å²) in [6, 6.07) is 9.79. The number of thioether (sulfide) groups is 1. The molecule has 1 N–H and O–H groups in total. The van der Waals surface area contributed by atoms with Gasteiger partial charge in [0, 0.05) is 12.3 Å². The van der Waals surface area contributed by atoms with Crippen LogP contribution < -0.4 is 0 Å². The number of hydrogen-bond donors (Lipinski definition) is 1. The van der Waals surface area contributed by atoms with Gasteiger partial charge in [-0.15, -0.1) is 0 Å². The summed E-state index contributed by atoms with van der Waals surface area (Å²) >= 11 is 1.34. The monoisotopic (exact) mass is 321 g/mol. The number of oxime groups is 1. The van der Waals surface area contributed by atoms with E-state index < -0.39 is 10.7 Å². The van der Waals surface area contributed by atoms with Gasteiger partial charge in [0.15, 0.2) is 0 Å². The fourth-order valence-electron chi connectivity index (χ4n) is 2.73. The minimum Gasteiger partial charge on any atom is -0.480 e. The fourth-order valence-corrected chi connectivity index (χ4v) is 4.19. The third-order valence-electron chi connectivity index (χ3n) is 4.16. The summed E-state index contributed by atoms with van der Waals surface area (Å²) in [5.74, 6) is -0.934. The van der Waals surface area contributed by atoms with Crippen molar-refractivity contribution in [3.05, 3.63) is 35.9 Å². The van der Waals surface area contributed by atoms with Crippen molar-refractivity contribution >= 4 is 22.8 Å². The number of carboxylic acids is 1. The molecule has 1 aromatic carbocycles. The van der Waals surface area contributed by atoms with E-state index in [9.17, 15) is 9.90 Å². The van der Waals surface area contributed by atoms with Gasteiger partial charge in [0.25, 0.3) is 0 Å². The van der Waals surface area contributed by atoms with Gasteiger partial charge in [-0.3, -0.25) is 4.79 Å². The molecule has 22 heavy (non-hydrogen) atoms. The van der Waals surface area contributed by atoms with Gasteiger partial charge in [0.1, 0.15) is 15.4 Å². The highest BCUT2D eigenvalue weighted by Crippen LogP contribution is 2.45. The molecule has 0 amide bonds. The molecular weight excluding hydrogens is 298 g/mol. The first kappa shape index (κ1) is 16.9. The molecule has 4 nitrogen and oxygen atoms in total. The number of carboxylic acid groups (broad SMARTS) is 1. The summed E-state index contributed by atoms with van der Waals surface area (Å²) < 4.78 is -0.941. The van der Waals surface area contributed by atoms with Crippen LogP contribution in [0.2, 0.25) is 0 Å². The van der Waals surface area contributed by atoms with Crippen molar-refractivity contribution in [1.82, 2.24) is 0 Å². The fraction of sp³-hybridized carbons (Fsp3) is 0.529. The van der Waals surface area contributed by atoms with E-state index in [1.54, 1.807) is 0 Å². The van der Waals surface area contributed by atoms with Crippen LogP contribution in [0.4, 0.5) is 0 Å². The molecule has 1 aliphatic rings. The molecule has 1 aromatic rings. The molecule has 0 saturated carbocycles. The number of rotatable bonds is 5. The summed E-state index contributed by atoms with van der Waals surface area (Å²) in [7, 11) is 0. The molecule has 2 unspecified atom stereocenters. The summed E-state index contributed by atoms with van der Waals surface area (Å²) in [6.45, 7) is 7.81. The number of hydrogen-bond acceptors (Lipinski definition) is 4. The first-order valence-electron chi connectivity index (χ1n) is 7.53. The second-order valence-corrected chi connectivity index (χ2v) is 7.70. The first-order valence-corrected chi connectivity index (χ1v) is 8.35. The predicted octanol–water partition coefficient (Wildman–Crippen LogP) is 4.27. The predicted molar refractivity (Wildman–Crippen MR) is 90.3 cm³/mol. The molecule has 2 atom stereocenters. The lowest BCUT2D eigenvalue weighted by atomic mass is 9.85. The molecule has 0 fully saturated rings. The average Bonchev–Trinajstić information content (AvgIpc) is 2.83. The summed E-state index contributed by atoms with van der Waals surface area (Å²) in [6.07, 6.45) is 1.16. The SMILES string of the molecule is CCC(SC1=NOC(C)(C)C1)(C(=O)O)C(C)c1ccccc1. The molecule has 1 heterocycles. The van der Waals surface area contributed by atoms with Crippen LogP contribution >= 0.6 is 11.8 Å². The second-order valence-electron chi connectivity index (χ2n) is 6.30. The van der Waals surface area contributed by atoms with Crippen molar-refractivity contribution in [1.29, 1.82) is 0 Å². The number of benzene rings is 1. The van der Waals surface area contributed by atoms with E-state index in [1.165, 1.54) is 11.8 Å². The van der Waals surface area contributed by atoms with Gasteiger partial charge in [-0.1, -0.05) is 61.1 Å². The lowest BCUT2D eigenvalue weighted by Crippen LogP contribution is -2.41. The van der Waals surface area contributed by atoms with Crippen LogP contribution in [0.1, 0.15) is 52.0 Å². The Morgan fingerprint density at radius 1 is 1.45 bits per heavy atom. The molecule has 5 heteroatoms. The first-order chi connectivity index (χ1) is 10.3. The lowest BCUT2D eigenvalue weighted by Gasteiger charge is -2.33. The second kappa shape index (κ2) is 6.32. The molecular formula is C17H23NO3S. The number of nitrogens with zero attached hydrogens (tertiary/aromatic N) is 1. The zero-order valence-corrected chi connectivity index (χ0v) is 14.3. The molecule has 0 saturated heterocycles. The zero-order chi connectivity index (χ0) is 16.4. The standard InChI is InChI=1S/C17H23NO3S/c1-5-17(15(19)20,12(2)13-9-7-6-8-10-13)22-14-11-16(3,4)21-18-14/h6-10,12H,5,11H2,1-4H3,(H,19,20). The highest BCUT2D eigenvalue weighted by Gasteiger charge is 2.46. The van der Waals surface area contributed by atoms with Crippen molar-refractivity contribution in [2.24, 2.45) is 5.16 Å². The van der Waals surface area contributed by atoms with Crippen molar-refractivity contribution in [2.45, 2.75) is 56.8 Å². The smallest absolute Gasteiger partial charge is 0.320 e. The molecule has 2 rings (SSSR count). The van der Waals surface area contributed by atoms with Crippen molar-refractivity contribution in [2.75, 3.05) is 0 Å². The van der Waals surface area contributed by atoms with Crippen LogP contribution in [0, 0.1) is 0 Å². The van der Waals surface area contributed by atoms with E-state index in [4.69, 9.17) is 4.84 Å². The van der Waals surface area contributed by atoms with Crippen LogP contribution in [0.3, 0.4) is 0 Å². The Kier molecular flexibility index (Phi) is 4.85. The van der Waals surface area contributed by atoms with Gasteiger partial charge in [-0.05, 0) is 25.8 Å². The molecule has 1 aliphatic heterocycles. The highest BCUT2D eigenvalue weighted by molar-refractivity contribution is 8.15. The maximum atomic E-state index is 12.1. The van der Waals surface area contributed by atoms with E-state index in [2.05, 4.69) is 5.16 Å². The zero-order valence-electron chi connectivity index (χ0n) is 13.5. The molecule has 0 spiro atoms. The quantitative estimate of drug-likeness (QED) is 0.880. The van der Waals surface area contributed by atoms with Crippen molar-refractivity contribution in [3.8, 4) is 0 Å². The van der Waals surface area contributed by atoms with E-state index in [1.807, 2.05) is 58.0 Å². The Morgan fingerprint density at radius 2 is 2.09 bits per heavy atom. The summed E-state index contributed by atoms with van der Waals surface area (Å²) in [5, 5.41) is 14.8. The molecule has 0 radical (unpaired) electrons. The summed E-state index contributed by atoms with van der Waals surface area (Å²) in [4.78, 5) is 17.5. The third-order valence-corrected chi connectivity index (χ3v) is 5.79. The Morgan fingerprint density at radius 3 is 2.55 bits per heavy atom. The van der Waals surface area contributed by atoms with Crippen molar-refractivity contribution in [3.63, 3.8) is 0 Å². The normalized spacial score (nSPS) is 20.6. The topological polar surface area (TPSA) is 58.9 Å². The van der Waals surface area contributed by atoms with Crippen LogP contribution in [0.15, 0.2) is 35.5 Å². The van der Waals surface area contributed by atoms with Crippen LogP contribution in [-0.4, -0.2) is 26.5 Å². The van der Waals surface area contributed by atoms with Crippen molar-refractivity contribution < 1.29 is 14.7 Å². The highest BCUT2D eigenvalue weighted by atomic mass is 32.2. The van der Waals surface area contributed by atoms with E-state index in [0.29, 0.717) is 12.8 Å². The summed E-state index contributed by atoms with van der Waals surface area (Å²) in [5.41, 5.74) is 0.675. The number of carbonyl (C=O) groups is 1. The Balaban J connectivity index is 2.31. The average molecular weight is 321 g/mol. The Hall–Kier alpha value is -1.49. The minimum absolute atomic E-state index is 0.132. The molecule has 120 valence electrons. The van der Waals surface area contributed by atoms with Gasteiger partial charge >= 0.3 is 5.97 Å². The molecule has 0 aliphatic carbocycles. The van der Waals surface area contributed by atoms with Gasteiger partial charge in [0.2, 0.25) is 0 Å². The Bertz CT molecular complexity index is 571. The maximum absolute atomic E-state index is 12.1. The maximum Gasteiger partial charge on any atom is 0.320 e. The van der Waals surface area contributed by atoms with Gasteiger partial charge < -0.3 is 9.94 Å². The third kappa shape index (κ3) is 3.29. The van der Waals surface area contributed by atoms with Crippen LogP contribution in [-0.2, 0) is 9.63 Å². The van der Waals surface area contributed by atoms with Crippen LogP contribution in [0.25, 0.3) is 0 Å². The molecule has 0 aromatic heterocycles. The van der Waals surface area contributed by atoms with Gasteiger partial charge in [-0.2, -0.15) is 0 Å². The minimum atomic E-state index is -0.941. The van der Waals surface area contributed by atoms with E-state index in [-0.39, 0.29) is 11.5 Å². The van der Waals surface area contributed by atoms with Gasteiger partial charge in [0.05, 0.1) is 0 Å². The largest absolute Gasteiger partial charge is 0.480 e. The van der Waals surface area contributed by atoms with Crippen LogP contribution in [0.5, 0.6) is 0 Å². The Labute approximate surface area is 135 Å².